The van der Waals surface area contributed by atoms with Crippen molar-refractivity contribution < 1.29 is 39.2 Å². The summed E-state index contributed by atoms with van der Waals surface area (Å²) < 4.78 is 4.35. The van der Waals surface area contributed by atoms with Gasteiger partial charge in [0.2, 0.25) is 0 Å². The zero-order valence-corrected chi connectivity index (χ0v) is 12.0. The summed E-state index contributed by atoms with van der Waals surface area (Å²) in [5.41, 5.74) is 9.22. The van der Waals surface area contributed by atoms with Crippen LogP contribution in [0, 0.1) is 0 Å². The van der Waals surface area contributed by atoms with E-state index in [0.717, 1.165) is 0 Å². The Hall–Kier alpha value is -2.82. The van der Waals surface area contributed by atoms with Crippen LogP contribution in [-0.4, -0.2) is 59.4 Å². The number of carbonyl (C=O) groups excluding carboxylic acids is 4. The van der Waals surface area contributed by atoms with Gasteiger partial charge < -0.3 is 36.3 Å². The summed E-state index contributed by atoms with van der Waals surface area (Å²) >= 11 is 0. The van der Waals surface area contributed by atoms with Gasteiger partial charge in [0.1, 0.15) is 12.9 Å². The van der Waals surface area contributed by atoms with Gasteiger partial charge in [-0.25, -0.2) is 14.4 Å². The number of fused-ring (bicyclic) bond motifs is 1. The van der Waals surface area contributed by atoms with Crippen LogP contribution < -0.4 is 11.5 Å². The highest BCUT2D eigenvalue weighted by Gasteiger charge is 2.28. The molecule has 23 heavy (non-hydrogen) atoms. The van der Waals surface area contributed by atoms with Gasteiger partial charge in [0.25, 0.3) is 0 Å². The lowest BCUT2D eigenvalue weighted by Crippen LogP contribution is -2.18. The molecule has 0 atom stereocenters. The third-order valence-corrected chi connectivity index (χ3v) is 1.97. The molecule has 1 aliphatic rings. The van der Waals surface area contributed by atoms with Crippen molar-refractivity contribution in [1.82, 2.24) is 0 Å². The fraction of sp³-hybridized carbons (Fsp3) is 0.231. The van der Waals surface area contributed by atoms with Crippen LogP contribution in [0.25, 0.3) is 0 Å². The van der Waals surface area contributed by atoms with E-state index >= 15 is 0 Å². The number of rotatable bonds is 2. The van der Waals surface area contributed by atoms with Gasteiger partial charge in [0.15, 0.2) is 0 Å². The predicted octanol–water partition coefficient (Wildman–Crippen LogP) is -1.83. The second-order valence-electron chi connectivity index (χ2n) is 3.64. The zero-order chi connectivity index (χ0) is 18.4. The van der Waals surface area contributed by atoms with Crippen molar-refractivity contribution in [3.63, 3.8) is 0 Å². The van der Waals surface area contributed by atoms with E-state index in [0.29, 0.717) is 11.1 Å². The van der Waals surface area contributed by atoms with E-state index in [1.165, 1.54) is 0 Å². The molecule has 2 amide bonds. The summed E-state index contributed by atoms with van der Waals surface area (Å²) in [7, 11) is 0. The summed E-state index contributed by atoms with van der Waals surface area (Å²) in [6, 6.07) is 5.70. The molecule has 1 aromatic carbocycles. The van der Waals surface area contributed by atoms with Crippen molar-refractivity contribution >= 4 is 24.8 Å². The van der Waals surface area contributed by atoms with Crippen molar-refractivity contribution in [2.75, 3.05) is 13.2 Å². The number of urea groups is 1. The number of benzene rings is 1. The van der Waals surface area contributed by atoms with Crippen LogP contribution in [0.5, 0.6) is 0 Å². The van der Waals surface area contributed by atoms with Crippen molar-refractivity contribution in [2.24, 2.45) is 11.5 Å². The molecule has 7 N–H and O–H groups in total. The number of cyclic esters (lactones) is 2. The van der Waals surface area contributed by atoms with Crippen LogP contribution in [-0.2, 0) is 9.53 Å². The maximum absolute atomic E-state index is 10.8. The standard InChI is InChI=1S/C8H4O3.C3H8O3.CH4N2O.CH2O/c9-7-5-3-1-2-4-6(5)8(10)11-7;4-1-3(6)2-5;2-1(3)4;1-2/h1-4H;3-6H,1-2H2;(H4,2,3,4);1H2. The molecule has 0 spiro atoms. The van der Waals surface area contributed by atoms with Gasteiger partial charge >= 0.3 is 18.0 Å². The van der Waals surface area contributed by atoms with E-state index in [9.17, 15) is 9.59 Å². The van der Waals surface area contributed by atoms with Crippen molar-refractivity contribution in [2.45, 2.75) is 6.10 Å². The summed E-state index contributed by atoms with van der Waals surface area (Å²) in [5.74, 6) is -1.10. The zero-order valence-electron chi connectivity index (χ0n) is 12.0. The highest BCUT2D eigenvalue weighted by molar-refractivity contribution is 6.14. The number of primary amides is 2. The number of carbonyl (C=O) groups is 4. The smallest absolute Gasteiger partial charge is 0.346 e. The van der Waals surface area contributed by atoms with E-state index in [1.54, 1.807) is 24.3 Å². The molecular formula is C13H18N2O8. The molecule has 0 saturated carbocycles. The molecule has 0 aliphatic carbocycles. The van der Waals surface area contributed by atoms with Gasteiger partial charge in [-0.2, -0.15) is 0 Å². The number of hydrogen-bond acceptors (Lipinski definition) is 8. The summed E-state index contributed by atoms with van der Waals surface area (Å²) in [6.07, 6.45) is -0.954. The Balaban J connectivity index is 0. The van der Waals surface area contributed by atoms with Crippen LogP contribution in [0.1, 0.15) is 20.7 Å². The van der Waals surface area contributed by atoms with Crippen molar-refractivity contribution in [1.29, 1.82) is 0 Å². The minimum absolute atomic E-state index is 0.359. The van der Waals surface area contributed by atoms with E-state index in [1.807, 2.05) is 6.79 Å². The second kappa shape index (κ2) is 12.9. The lowest BCUT2D eigenvalue weighted by molar-refractivity contribution is -0.0980. The van der Waals surface area contributed by atoms with Crippen LogP contribution in [0.15, 0.2) is 24.3 Å². The molecule has 2 rings (SSSR count). The largest absolute Gasteiger partial charge is 0.394 e. The average molecular weight is 330 g/mol. The third kappa shape index (κ3) is 9.68. The number of esters is 2. The van der Waals surface area contributed by atoms with Gasteiger partial charge in [-0.3, -0.25) is 0 Å². The van der Waals surface area contributed by atoms with E-state index < -0.39 is 24.1 Å². The summed E-state index contributed by atoms with van der Waals surface area (Å²) in [5, 5.41) is 24.0. The molecule has 1 aromatic rings. The first-order valence-corrected chi connectivity index (χ1v) is 5.92. The molecule has 0 fully saturated rings. The number of hydrogen-bond donors (Lipinski definition) is 5. The molecule has 1 aliphatic heterocycles. The lowest BCUT2D eigenvalue weighted by Gasteiger charge is -1.96. The summed E-state index contributed by atoms with van der Waals surface area (Å²) in [4.78, 5) is 38.7. The van der Waals surface area contributed by atoms with Crippen LogP contribution in [0.4, 0.5) is 4.79 Å². The predicted molar refractivity (Wildman–Crippen MR) is 77.3 cm³/mol. The number of aliphatic hydroxyl groups is 3. The normalized spacial score (nSPS) is 10.8. The summed E-state index contributed by atoms with van der Waals surface area (Å²) in [6.45, 7) is 1.27. The first kappa shape index (κ1) is 22.5. The Bertz CT molecular complexity index is 479. The van der Waals surface area contributed by atoms with E-state index in [4.69, 9.17) is 24.9 Å². The number of ether oxygens (including phenoxy) is 1. The molecule has 10 nitrogen and oxygen atoms in total. The van der Waals surface area contributed by atoms with Gasteiger partial charge in [-0.1, -0.05) is 12.1 Å². The molecule has 10 heteroatoms. The first-order chi connectivity index (χ1) is 10.8. The third-order valence-electron chi connectivity index (χ3n) is 1.97. The molecule has 0 radical (unpaired) electrons. The number of amides is 2. The van der Waals surface area contributed by atoms with Crippen LogP contribution >= 0.6 is 0 Å². The molecule has 128 valence electrons. The second-order valence-corrected chi connectivity index (χ2v) is 3.64. The van der Waals surface area contributed by atoms with Crippen LogP contribution in [0.2, 0.25) is 0 Å². The molecule has 0 bridgehead atoms. The van der Waals surface area contributed by atoms with Crippen molar-refractivity contribution in [3.05, 3.63) is 35.4 Å². The number of nitrogens with two attached hydrogens (primary N) is 2. The van der Waals surface area contributed by atoms with Gasteiger partial charge in [0.05, 0.1) is 24.3 Å². The van der Waals surface area contributed by atoms with Gasteiger partial charge in [0, 0.05) is 0 Å². The molecule has 0 aromatic heterocycles. The molecular weight excluding hydrogens is 312 g/mol. The fourth-order valence-corrected chi connectivity index (χ4v) is 1.09. The Morgan fingerprint density at radius 2 is 1.35 bits per heavy atom. The Morgan fingerprint density at radius 1 is 1.04 bits per heavy atom. The monoisotopic (exact) mass is 330 g/mol. The maximum atomic E-state index is 10.8. The maximum Gasteiger partial charge on any atom is 0.346 e. The Labute approximate surface area is 131 Å². The minimum atomic E-state index is -0.954. The molecule has 1 heterocycles. The SMILES string of the molecule is C=O.NC(N)=O.O=C1OC(=O)c2ccccc21.OCC(O)CO. The quantitative estimate of drug-likeness (QED) is 0.309. The first-order valence-electron chi connectivity index (χ1n) is 5.92. The van der Waals surface area contributed by atoms with E-state index in [-0.39, 0.29) is 13.2 Å². The Morgan fingerprint density at radius 3 is 1.57 bits per heavy atom. The highest BCUT2D eigenvalue weighted by atomic mass is 16.6. The average Bonchev–Trinajstić information content (AvgIpc) is 2.84. The van der Waals surface area contributed by atoms with Gasteiger partial charge in [-0.15, -0.1) is 0 Å². The topological polar surface area (TPSA) is 190 Å². The Kier molecular flexibility index (Phi) is 12.6. The van der Waals surface area contributed by atoms with E-state index in [2.05, 4.69) is 16.2 Å². The molecule has 0 unspecified atom stereocenters. The lowest BCUT2D eigenvalue weighted by atomic mass is 10.1. The number of aliphatic hydroxyl groups excluding tert-OH is 3. The highest BCUT2D eigenvalue weighted by Crippen LogP contribution is 2.18. The minimum Gasteiger partial charge on any atom is -0.394 e. The fourth-order valence-electron chi connectivity index (χ4n) is 1.09. The van der Waals surface area contributed by atoms with Gasteiger partial charge in [-0.05, 0) is 12.1 Å². The van der Waals surface area contributed by atoms with Crippen LogP contribution in [0.3, 0.4) is 0 Å². The van der Waals surface area contributed by atoms with Crippen molar-refractivity contribution in [3.8, 4) is 0 Å². The molecule has 0 saturated heterocycles.